The van der Waals surface area contributed by atoms with Crippen molar-refractivity contribution in [2.75, 3.05) is 0 Å². The summed E-state index contributed by atoms with van der Waals surface area (Å²) in [4.78, 5) is 21.7. The predicted molar refractivity (Wildman–Crippen MR) is 38.7 cm³/mol. The van der Waals surface area contributed by atoms with Gasteiger partial charge in [0.1, 0.15) is 0 Å². The van der Waals surface area contributed by atoms with Gasteiger partial charge in [0, 0.05) is 0 Å². The summed E-state index contributed by atoms with van der Waals surface area (Å²) in [7, 11) is 0.917. The number of hydrogen-bond donors (Lipinski definition) is 0. The summed E-state index contributed by atoms with van der Waals surface area (Å²) in [5.41, 5.74) is 0.785. The molecule has 0 atom stereocenters. The number of cyclic esters (lactones) is 2. The van der Waals surface area contributed by atoms with Crippen LogP contribution in [0.4, 0.5) is 0 Å². The summed E-state index contributed by atoms with van der Waals surface area (Å²) in [6, 6.07) is 1.62. The minimum atomic E-state index is -0.535. The van der Waals surface area contributed by atoms with Gasteiger partial charge in [-0.2, -0.15) is 0 Å². The molecule has 0 saturated carbocycles. The predicted octanol–water partition coefficient (Wildman–Crippen LogP) is 1.58. The van der Waals surface area contributed by atoms with Crippen LogP contribution in [0.3, 0.4) is 0 Å². The third-order valence-corrected chi connectivity index (χ3v) is 2.17. The van der Waals surface area contributed by atoms with Crippen molar-refractivity contribution >= 4 is 20.1 Å². The lowest BCUT2D eigenvalue weighted by atomic mass is 10.2. The number of fused-ring (bicyclic) bond motifs is 1. The van der Waals surface area contributed by atoms with E-state index in [1.807, 2.05) is 0 Å². The molecule has 4 heteroatoms. The van der Waals surface area contributed by atoms with E-state index in [0.29, 0.717) is 11.1 Å². The first-order valence-electron chi connectivity index (χ1n) is 2.99. The fourth-order valence-corrected chi connectivity index (χ4v) is 1.64. The van der Waals surface area contributed by atoms with Crippen LogP contribution in [0, 0.1) is 0 Å². The second kappa shape index (κ2) is 2.14. The molecule has 11 heavy (non-hydrogen) atoms. The molecule has 0 amide bonds. The molecule has 1 aliphatic rings. The molecule has 0 N–H and O–H groups in total. The Balaban J connectivity index is 2.69. The van der Waals surface area contributed by atoms with E-state index < -0.39 is 11.9 Å². The van der Waals surface area contributed by atoms with Gasteiger partial charge in [0.05, 0.1) is 11.1 Å². The van der Waals surface area contributed by atoms with Gasteiger partial charge < -0.3 is 4.74 Å². The zero-order chi connectivity index (χ0) is 7.84. The molecule has 0 radical (unpaired) electrons. The second-order valence-electron chi connectivity index (χ2n) is 2.10. The highest BCUT2D eigenvalue weighted by atomic mass is 31.0. The molecule has 54 valence electrons. The fraction of sp³-hybridized carbons (Fsp3) is 0. The van der Waals surface area contributed by atoms with Gasteiger partial charge >= 0.3 is 11.9 Å². The van der Waals surface area contributed by atoms with Gasteiger partial charge in [-0.15, -0.1) is 0 Å². The Morgan fingerprint density at radius 2 is 1.91 bits per heavy atom. The highest BCUT2D eigenvalue weighted by molar-refractivity contribution is 7.28. The third-order valence-electron chi connectivity index (χ3n) is 1.45. The topological polar surface area (TPSA) is 43.4 Å². The number of hydrogen-bond acceptors (Lipinski definition) is 3. The second-order valence-corrected chi connectivity index (χ2v) is 2.95. The van der Waals surface area contributed by atoms with Crippen molar-refractivity contribution < 1.29 is 14.3 Å². The molecule has 2 rings (SSSR count). The van der Waals surface area contributed by atoms with Crippen LogP contribution in [-0.4, -0.2) is 11.9 Å². The standard InChI is InChI=1S/C7H3O3P/c8-6-4-1-2-11-3-5(4)7(9)10-6/h1-3H. The first kappa shape index (κ1) is 6.50. The van der Waals surface area contributed by atoms with Crippen LogP contribution < -0.4 is 0 Å². The SMILES string of the molecule is O=C1OC(=O)c2cpccc21. The average Bonchev–Trinajstić information content (AvgIpc) is 2.30. The van der Waals surface area contributed by atoms with E-state index >= 15 is 0 Å². The van der Waals surface area contributed by atoms with Crippen LogP contribution >= 0.6 is 8.19 Å². The minimum absolute atomic E-state index is 0.383. The molecular weight excluding hydrogens is 163 g/mol. The highest BCUT2D eigenvalue weighted by Gasteiger charge is 2.28. The molecule has 0 aliphatic carbocycles. The molecule has 0 aromatic carbocycles. The molecule has 0 fully saturated rings. The summed E-state index contributed by atoms with van der Waals surface area (Å²) < 4.78 is 4.37. The molecule has 0 bridgehead atoms. The lowest BCUT2D eigenvalue weighted by Crippen LogP contribution is -1.96. The zero-order valence-corrected chi connectivity index (χ0v) is 6.30. The quantitative estimate of drug-likeness (QED) is 0.434. The van der Waals surface area contributed by atoms with Crippen LogP contribution in [0.5, 0.6) is 0 Å². The zero-order valence-electron chi connectivity index (χ0n) is 5.40. The largest absolute Gasteiger partial charge is 0.386 e. The molecule has 0 saturated heterocycles. The van der Waals surface area contributed by atoms with Gasteiger partial charge in [-0.25, -0.2) is 9.59 Å². The maximum absolute atomic E-state index is 10.8. The molecular formula is C7H3O3P. The van der Waals surface area contributed by atoms with Crippen molar-refractivity contribution in [1.29, 1.82) is 0 Å². The number of carbonyl (C=O) groups is 2. The first-order chi connectivity index (χ1) is 5.29. The molecule has 2 heterocycles. The monoisotopic (exact) mass is 166 g/mol. The Bertz CT molecular complexity index is 312. The van der Waals surface area contributed by atoms with Crippen molar-refractivity contribution in [3.8, 4) is 0 Å². The van der Waals surface area contributed by atoms with Crippen molar-refractivity contribution in [3.05, 3.63) is 28.8 Å². The molecule has 3 nitrogen and oxygen atoms in total. The number of carbonyl (C=O) groups excluding carboxylic acids is 2. The van der Waals surface area contributed by atoms with E-state index in [-0.39, 0.29) is 0 Å². The average molecular weight is 166 g/mol. The van der Waals surface area contributed by atoms with Crippen LogP contribution in [0.25, 0.3) is 0 Å². The number of esters is 2. The number of rotatable bonds is 0. The fourth-order valence-electron chi connectivity index (χ4n) is 0.929. The van der Waals surface area contributed by atoms with Gasteiger partial charge in [0.2, 0.25) is 0 Å². The van der Waals surface area contributed by atoms with Crippen LogP contribution in [0.15, 0.2) is 17.7 Å². The van der Waals surface area contributed by atoms with Crippen LogP contribution in [0.1, 0.15) is 20.7 Å². The first-order valence-corrected chi connectivity index (χ1v) is 4.03. The molecule has 0 spiro atoms. The molecule has 0 unspecified atom stereocenters. The van der Waals surface area contributed by atoms with Gasteiger partial charge in [-0.3, -0.25) is 0 Å². The summed E-state index contributed by atoms with van der Waals surface area (Å²) in [6.45, 7) is 0. The van der Waals surface area contributed by atoms with E-state index in [1.165, 1.54) is 0 Å². The Morgan fingerprint density at radius 3 is 2.64 bits per heavy atom. The van der Waals surface area contributed by atoms with E-state index in [2.05, 4.69) is 4.74 Å². The van der Waals surface area contributed by atoms with E-state index in [9.17, 15) is 9.59 Å². The van der Waals surface area contributed by atoms with Crippen molar-refractivity contribution in [2.24, 2.45) is 0 Å². The Kier molecular flexibility index (Phi) is 1.26. The van der Waals surface area contributed by atoms with Crippen LogP contribution in [-0.2, 0) is 4.74 Å². The van der Waals surface area contributed by atoms with E-state index in [4.69, 9.17) is 0 Å². The maximum Gasteiger partial charge on any atom is 0.347 e. The Hall–Kier alpha value is -1.21. The molecule has 1 aromatic heterocycles. The van der Waals surface area contributed by atoms with Gasteiger partial charge in [0.25, 0.3) is 0 Å². The van der Waals surface area contributed by atoms with Crippen molar-refractivity contribution in [3.63, 3.8) is 0 Å². The maximum atomic E-state index is 10.8. The highest BCUT2D eigenvalue weighted by Crippen LogP contribution is 2.22. The lowest BCUT2D eigenvalue weighted by Gasteiger charge is -1.85. The van der Waals surface area contributed by atoms with Crippen molar-refractivity contribution in [1.82, 2.24) is 0 Å². The van der Waals surface area contributed by atoms with Crippen LogP contribution in [0.2, 0.25) is 0 Å². The normalized spacial score (nSPS) is 15.3. The number of ether oxygens (including phenoxy) is 1. The minimum Gasteiger partial charge on any atom is -0.386 e. The smallest absolute Gasteiger partial charge is 0.347 e. The summed E-state index contributed by atoms with van der Waals surface area (Å²) in [5.74, 6) is 2.40. The van der Waals surface area contributed by atoms with Crippen molar-refractivity contribution in [2.45, 2.75) is 0 Å². The summed E-state index contributed by atoms with van der Waals surface area (Å²) >= 11 is 0. The Labute approximate surface area is 64.1 Å². The molecule has 1 aromatic rings. The van der Waals surface area contributed by atoms with E-state index in [0.717, 1.165) is 8.19 Å². The Morgan fingerprint density at radius 1 is 1.18 bits per heavy atom. The van der Waals surface area contributed by atoms with E-state index in [1.54, 1.807) is 17.7 Å². The summed E-state index contributed by atoms with van der Waals surface area (Å²) in [5, 5.41) is 0. The lowest BCUT2D eigenvalue weighted by molar-refractivity contribution is 0.0444. The van der Waals surface area contributed by atoms with Gasteiger partial charge in [-0.1, -0.05) is 8.19 Å². The van der Waals surface area contributed by atoms with Gasteiger partial charge in [-0.05, 0) is 17.7 Å². The third kappa shape index (κ3) is 0.854. The molecule has 1 aliphatic heterocycles. The van der Waals surface area contributed by atoms with Gasteiger partial charge in [0.15, 0.2) is 0 Å². The summed E-state index contributed by atoms with van der Waals surface area (Å²) in [6.07, 6.45) is 0.